The van der Waals surface area contributed by atoms with Crippen LogP contribution in [0.15, 0.2) is 59.6 Å². The summed E-state index contributed by atoms with van der Waals surface area (Å²) in [5.74, 6) is -1.08. The van der Waals surface area contributed by atoms with E-state index in [4.69, 9.17) is 16.3 Å². The number of carbonyl (C=O) groups is 2. The number of allylic oxidation sites excluding steroid dienone is 2. The van der Waals surface area contributed by atoms with Gasteiger partial charge in [0, 0.05) is 16.9 Å². The van der Waals surface area contributed by atoms with Gasteiger partial charge < -0.3 is 4.74 Å². The lowest BCUT2D eigenvalue weighted by Gasteiger charge is -2.42. The van der Waals surface area contributed by atoms with E-state index >= 15 is 0 Å². The maximum absolute atomic E-state index is 13.4. The van der Waals surface area contributed by atoms with Crippen LogP contribution in [0.3, 0.4) is 0 Å². The molecule has 27 heavy (non-hydrogen) atoms. The van der Waals surface area contributed by atoms with Crippen molar-refractivity contribution in [2.45, 2.75) is 18.8 Å². The summed E-state index contributed by atoms with van der Waals surface area (Å²) in [6.45, 7) is 2.34. The number of imide groups is 1. The Hall–Kier alpha value is -2.59. The Balaban J connectivity index is 1.64. The van der Waals surface area contributed by atoms with Gasteiger partial charge in [-0.3, -0.25) is 9.59 Å². The number of nitrogens with zero attached hydrogens (tertiary/aromatic N) is 1. The largest absolute Gasteiger partial charge is 0.492 e. The van der Waals surface area contributed by atoms with Crippen LogP contribution in [-0.2, 0) is 9.59 Å². The quantitative estimate of drug-likeness (QED) is 0.750. The monoisotopic (exact) mass is 379 g/mol. The maximum Gasteiger partial charge on any atom is 0.238 e. The number of ether oxygens (including phenoxy) is 1. The van der Waals surface area contributed by atoms with Gasteiger partial charge in [0.15, 0.2) is 0 Å². The van der Waals surface area contributed by atoms with Crippen molar-refractivity contribution in [3.8, 4) is 5.75 Å². The van der Waals surface area contributed by atoms with E-state index in [1.54, 1.807) is 12.1 Å². The van der Waals surface area contributed by atoms with Crippen LogP contribution in [-0.4, -0.2) is 18.4 Å². The predicted molar refractivity (Wildman–Crippen MR) is 103 cm³/mol. The summed E-state index contributed by atoms with van der Waals surface area (Å²) >= 11 is 6.55. The molecule has 0 N–H and O–H groups in total. The molecule has 1 saturated heterocycles. The number of anilines is 1. The van der Waals surface area contributed by atoms with Crippen LogP contribution in [0.5, 0.6) is 5.75 Å². The van der Waals surface area contributed by atoms with Crippen LogP contribution in [0.1, 0.15) is 29.9 Å². The topological polar surface area (TPSA) is 46.6 Å². The van der Waals surface area contributed by atoms with Gasteiger partial charge in [0.05, 0.1) is 24.1 Å². The Morgan fingerprint density at radius 3 is 2.41 bits per heavy atom. The highest BCUT2D eigenvalue weighted by Crippen LogP contribution is 2.59. The fraction of sp³-hybridized carbons (Fsp3) is 0.273. The number of hydrogen-bond donors (Lipinski definition) is 0. The molecule has 0 radical (unpaired) electrons. The summed E-state index contributed by atoms with van der Waals surface area (Å²) in [4.78, 5) is 28.1. The molecule has 4 atom stereocenters. The molecule has 6 rings (SSSR count). The predicted octanol–water partition coefficient (Wildman–Crippen LogP) is 4.21. The molecule has 3 aliphatic carbocycles. The summed E-state index contributed by atoms with van der Waals surface area (Å²) in [6.07, 6.45) is 1.96. The third-order valence-corrected chi connectivity index (χ3v) is 6.24. The SMILES string of the molecule is CCOc1ccccc1N1C(=O)[C@@H]2[C@@H](C1=O)[C@H]1C(Cl)=C[C@H]2c2ccccc21. The molecule has 5 heteroatoms. The first kappa shape index (κ1) is 16.6. The van der Waals surface area contributed by atoms with Crippen LogP contribution in [0, 0.1) is 11.8 Å². The number of rotatable bonds is 3. The van der Waals surface area contributed by atoms with Crippen molar-refractivity contribution >= 4 is 29.1 Å². The maximum atomic E-state index is 13.4. The van der Waals surface area contributed by atoms with E-state index < -0.39 is 11.8 Å². The van der Waals surface area contributed by atoms with Gasteiger partial charge in [-0.05, 0) is 30.2 Å². The molecule has 2 aromatic rings. The molecule has 2 amide bonds. The minimum atomic E-state index is -0.454. The molecule has 1 fully saturated rings. The van der Waals surface area contributed by atoms with Gasteiger partial charge in [-0.15, -0.1) is 0 Å². The van der Waals surface area contributed by atoms with E-state index in [1.807, 2.05) is 49.4 Å². The average molecular weight is 380 g/mol. The molecule has 0 unspecified atom stereocenters. The van der Waals surface area contributed by atoms with E-state index in [9.17, 15) is 9.59 Å². The Kier molecular flexibility index (Phi) is 3.66. The van der Waals surface area contributed by atoms with Gasteiger partial charge in [0.1, 0.15) is 5.75 Å². The second-order valence-electron chi connectivity index (χ2n) is 7.15. The highest BCUT2D eigenvalue weighted by molar-refractivity contribution is 6.32. The standard InChI is InChI=1S/C22H18ClNO3/c1-2-27-17-10-6-5-9-16(17)24-21(25)19-14-11-15(23)18(20(19)22(24)26)13-8-4-3-7-12(13)14/h3-11,14,18-20H,2H2,1H3/t14-,18+,19-,20-/m0/s1. The summed E-state index contributed by atoms with van der Waals surface area (Å²) in [5, 5.41) is 0.668. The Labute approximate surface area is 162 Å². The highest BCUT2D eigenvalue weighted by Gasteiger charge is 2.60. The minimum Gasteiger partial charge on any atom is -0.492 e. The first-order valence-electron chi connectivity index (χ1n) is 9.19. The van der Waals surface area contributed by atoms with Gasteiger partial charge >= 0.3 is 0 Å². The zero-order chi connectivity index (χ0) is 18.7. The van der Waals surface area contributed by atoms with Gasteiger partial charge in [-0.1, -0.05) is 54.1 Å². The summed E-state index contributed by atoms with van der Waals surface area (Å²) in [7, 11) is 0. The van der Waals surface area contributed by atoms with E-state index in [0.29, 0.717) is 23.1 Å². The molecular formula is C22H18ClNO3. The average Bonchev–Trinajstić information content (AvgIpc) is 2.94. The number of carbonyl (C=O) groups excluding carboxylic acids is 2. The number of benzene rings is 2. The molecule has 136 valence electrons. The van der Waals surface area contributed by atoms with Crippen LogP contribution in [0.4, 0.5) is 5.69 Å². The van der Waals surface area contributed by atoms with Gasteiger partial charge in [-0.2, -0.15) is 0 Å². The molecule has 0 aromatic heterocycles. The number of amides is 2. The fourth-order valence-electron chi connectivity index (χ4n) is 4.87. The Morgan fingerprint density at radius 2 is 1.63 bits per heavy atom. The molecule has 1 aliphatic heterocycles. The van der Waals surface area contributed by atoms with Crippen molar-refractivity contribution in [1.29, 1.82) is 0 Å². The van der Waals surface area contributed by atoms with Crippen molar-refractivity contribution in [2.24, 2.45) is 11.8 Å². The lowest BCUT2D eigenvalue weighted by atomic mass is 9.60. The van der Waals surface area contributed by atoms with Crippen LogP contribution >= 0.6 is 11.6 Å². The van der Waals surface area contributed by atoms with E-state index in [0.717, 1.165) is 11.1 Å². The van der Waals surface area contributed by atoms with Crippen molar-refractivity contribution in [3.05, 3.63) is 70.8 Å². The highest BCUT2D eigenvalue weighted by atomic mass is 35.5. The molecule has 0 saturated carbocycles. The smallest absolute Gasteiger partial charge is 0.238 e. The van der Waals surface area contributed by atoms with Crippen LogP contribution in [0.25, 0.3) is 0 Å². The molecule has 0 spiro atoms. The molecule has 1 heterocycles. The summed E-state index contributed by atoms with van der Waals surface area (Å²) in [5.41, 5.74) is 2.69. The minimum absolute atomic E-state index is 0.163. The number of para-hydroxylation sites is 2. The molecule has 4 nitrogen and oxygen atoms in total. The first-order valence-corrected chi connectivity index (χ1v) is 9.57. The van der Waals surface area contributed by atoms with Gasteiger partial charge in [0.2, 0.25) is 11.8 Å². The second kappa shape index (κ2) is 5.96. The molecular weight excluding hydrogens is 362 g/mol. The number of hydrogen-bond acceptors (Lipinski definition) is 3. The molecule has 4 aliphatic rings. The van der Waals surface area contributed by atoms with Gasteiger partial charge in [0.25, 0.3) is 0 Å². The third-order valence-electron chi connectivity index (χ3n) is 5.88. The second-order valence-corrected chi connectivity index (χ2v) is 7.58. The van der Waals surface area contributed by atoms with E-state index in [1.165, 1.54) is 4.90 Å². The third kappa shape index (κ3) is 2.16. The molecule has 2 bridgehead atoms. The summed E-state index contributed by atoms with van der Waals surface area (Å²) < 4.78 is 5.67. The van der Waals surface area contributed by atoms with Crippen molar-refractivity contribution < 1.29 is 14.3 Å². The van der Waals surface area contributed by atoms with Crippen molar-refractivity contribution in [1.82, 2.24) is 0 Å². The van der Waals surface area contributed by atoms with Crippen LogP contribution in [0.2, 0.25) is 0 Å². The normalized spacial score (nSPS) is 28.1. The Morgan fingerprint density at radius 1 is 0.963 bits per heavy atom. The molecule has 2 aromatic carbocycles. The first-order chi connectivity index (χ1) is 13.1. The lowest BCUT2D eigenvalue weighted by molar-refractivity contribution is -0.122. The lowest BCUT2D eigenvalue weighted by Crippen LogP contribution is -2.38. The Bertz CT molecular complexity index is 999. The fourth-order valence-corrected chi connectivity index (χ4v) is 5.26. The van der Waals surface area contributed by atoms with E-state index in [2.05, 4.69) is 0 Å². The van der Waals surface area contributed by atoms with Gasteiger partial charge in [-0.25, -0.2) is 4.90 Å². The number of halogens is 1. The zero-order valence-corrected chi connectivity index (χ0v) is 15.5. The summed E-state index contributed by atoms with van der Waals surface area (Å²) in [6, 6.07) is 15.2. The van der Waals surface area contributed by atoms with Crippen LogP contribution < -0.4 is 9.64 Å². The van der Waals surface area contributed by atoms with E-state index in [-0.39, 0.29) is 23.7 Å². The van der Waals surface area contributed by atoms with Crippen molar-refractivity contribution in [2.75, 3.05) is 11.5 Å². The zero-order valence-electron chi connectivity index (χ0n) is 14.8. The van der Waals surface area contributed by atoms with Crippen molar-refractivity contribution in [3.63, 3.8) is 0 Å².